The lowest BCUT2D eigenvalue weighted by Crippen LogP contribution is -2.28. The van der Waals surface area contributed by atoms with E-state index in [1.165, 1.54) is 0 Å². The first kappa shape index (κ1) is 11.7. The summed E-state index contributed by atoms with van der Waals surface area (Å²) < 4.78 is 0. The molecule has 0 aliphatic carbocycles. The Labute approximate surface area is 89.8 Å². The van der Waals surface area contributed by atoms with Crippen molar-refractivity contribution in [3.05, 3.63) is 35.4 Å². The zero-order chi connectivity index (χ0) is 11.1. The second-order valence-electron chi connectivity index (χ2n) is 3.31. The molecule has 0 heterocycles. The van der Waals surface area contributed by atoms with Crippen molar-refractivity contribution in [2.24, 2.45) is 0 Å². The fourth-order valence-electron chi connectivity index (χ4n) is 1.17. The van der Waals surface area contributed by atoms with Gasteiger partial charge in [-0.3, -0.25) is 0 Å². The van der Waals surface area contributed by atoms with E-state index in [1.54, 1.807) is 0 Å². The van der Waals surface area contributed by atoms with Crippen molar-refractivity contribution in [2.45, 2.75) is 12.6 Å². The van der Waals surface area contributed by atoms with E-state index < -0.39 is 6.10 Å². The fourth-order valence-corrected chi connectivity index (χ4v) is 1.17. The van der Waals surface area contributed by atoms with Crippen molar-refractivity contribution < 1.29 is 10.2 Å². The minimum absolute atomic E-state index is 0.219. The summed E-state index contributed by atoms with van der Waals surface area (Å²) in [7, 11) is 0. The van der Waals surface area contributed by atoms with Crippen LogP contribution in [-0.2, 0) is 6.54 Å². The Hall–Kier alpha value is -1.34. The summed E-state index contributed by atoms with van der Waals surface area (Å²) in [5, 5.41) is 20.7. The van der Waals surface area contributed by atoms with Crippen LogP contribution < -0.4 is 5.32 Å². The van der Waals surface area contributed by atoms with Gasteiger partial charge in [-0.2, -0.15) is 0 Å². The van der Waals surface area contributed by atoms with Gasteiger partial charge < -0.3 is 15.5 Å². The number of hydrogen-bond acceptors (Lipinski definition) is 3. The van der Waals surface area contributed by atoms with Gasteiger partial charge in [0.05, 0.1) is 12.7 Å². The van der Waals surface area contributed by atoms with Gasteiger partial charge in [-0.05, 0) is 17.7 Å². The normalized spacial score (nSPS) is 12.1. The average molecular weight is 205 g/mol. The van der Waals surface area contributed by atoms with Gasteiger partial charge in [0.15, 0.2) is 0 Å². The van der Waals surface area contributed by atoms with E-state index in [2.05, 4.69) is 11.2 Å². The molecule has 3 nitrogen and oxygen atoms in total. The van der Waals surface area contributed by atoms with Crippen LogP contribution in [0.2, 0.25) is 0 Å². The molecule has 0 saturated carbocycles. The Balaban J connectivity index is 2.35. The largest absolute Gasteiger partial charge is 0.394 e. The highest BCUT2D eigenvalue weighted by Crippen LogP contribution is 2.02. The molecule has 15 heavy (non-hydrogen) atoms. The van der Waals surface area contributed by atoms with Crippen LogP contribution in [-0.4, -0.2) is 29.5 Å². The second-order valence-corrected chi connectivity index (χ2v) is 3.31. The Morgan fingerprint density at radius 2 is 2.00 bits per heavy atom. The first-order chi connectivity index (χ1) is 7.26. The maximum absolute atomic E-state index is 9.08. The van der Waals surface area contributed by atoms with E-state index in [1.807, 2.05) is 24.3 Å². The van der Waals surface area contributed by atoms with Crippen LogP contribution in [0.15, 0.2) is 24.3 Å². The molecule has 0 aliphatic heterocycles. The molecule has 3 N–H and O–H groups in total. The summed E-state index contributed by atoms with van der Waals surface area (Å²) in [5.74, 6) is 2.54. The van der Waals surface area contributed by atoms with Crippen LogP contribution in [0.3, 0.4) is 0 Å². The van der Waals surface area contributed by atoms with Crippen molar-refractivity contribution >= 4 is 0 Å². The number of rotatable bonds is 5. The van der Waals surface area contributed by atoms with Gasteiger partial charge in [0.2, 0.25) is 0 Å². The number of aliphatic hydroxyl groups is 2. The number of aliphatic hydroxyl groups excluding tert-OH is 2. The lowest BCUT2D eigenvalue weighted by molar-refractivity contribution is 0.0942. The van der Waals surface area contributed by atoms with Crippen LogP contribution in [0.5, 0.6) is 0 Å². The molecule has 0 aliphatic rings. The van der Waals surface area contributed by atoms with E-state index >= 15 is 0 Å². The predicted molar refractivity (Wildman–Crippen MR) is 59.2 cm³/mol. The highest BCUT2D eigenvalue weighted by atomic mass is 16.3. The highest BCUT2D eigenvalue weighted by molar-refractivity contribution is 5.34. The first-order valence-corrected chi connectivity index (χ1v) is 4.81. The molecule has 0 amide bonds. The van der Waals surface area contributed by atoms with E-state index in [4.69, 9.17) is 16.6 Å². The lowest BCUT2D eigenvalue weighted by atomic mass is 10.1. The zero-order valence-corrected chi connectivity index (χ0v) is 8.48. The molecule has 3 heteroatoms. The Bertz CT molecular complexity index is 326. The molecular weight excluding hydrogens is 190 g/mol. The Kier molecular flexibility index (Phi) is 4.85. The predicted octanol–water partition coefficient (Wildman–Crippen LogP) is 0.111. The standard InChI is InChI=1S/C12H15NO2/c1-2-10-3-5-11(6-4-10)7-13-8-12(15)9-14/h1,3-6,12-15H,7-9H2. The Morgan fingerprint density at radius 3 is 2.53 bits per heavy atom. The van der Waals surface area contributed by atoms with Gasteiger partial charge in [0.1, 0.15) is 0 Å². The second kappa shape index (κ2) is 6.20. The minimum atomic E-state index is -0.699. The molecule has 0 bridgehead atoms. The van der Waals surface area contributed by atoms with Gasteiger partial charge in [-0.15, -0.1) is 6.42 Å². The SMILES string of the molecule is C#Cc1ccc(CNCC(O)CO)cc1. The molecule has 1 unspecified atom stereocenters. The van der Waals surface area contributed by atoms with E-state index in [9.17, 15) is 0 Å². The highest BCUT2D eigenvalue weighted by Gasteiger charge is 2.00. The smallest absolute Gasteiger partial charge is 0.0895 e. The molecule has 0 saturated heterocycles. The number of hydrogen-bond donors (Lipinski definition) is 3. The molecule has 0 fully saturated rings. The van der Waals surface area contributed by atoms with E-state index in [0.717, 1.165) is 11.1 Å². The summed E-state index contributed by atoms with van der Waals surface area (Å²) in [6.07, 6.45) is 4.53. The summed E-state index contributed by atoms with van der Waals surface area (Å²) >= 11 is 0. The molecule has 1 rings (SSSR count). The van der Waals surface area contributed by atoms with Crippen LogP contribution in [0, 0.1) is 12.3 Å². The van der Waals surface area contributed by atoms with Crippen molar-refractivity contribution in [1.82, 2.24) is 5.32 Å². The maximum Gasteiger partial charge on any atom is 0.0895 e. The third-order valence-corrected chi connectivity index (χ3v) is 2.04. The van der Waals surface area contributed by atoms with Gasteiger partial charge in [-0.25, -0.2) is 0 Å². The number of benzene rings is 1. The minimum Gasteiger partial charge on any atom is -0.394 e. The maximum atomic E-state index is 9.08. The molecule has 1 aromatic carbocycles. The van der Waals surface area contributed by atoms with Crippen LogP contribution in [0.25, 0.3) is 0 Å². The number of nitrogens with one attached hydrogen (secondary N) is 1. The third-order valence-electron chi connectivity index (χ3n) is 2.04. The van der Waals surface area contributed by atoms with Crippen LogP contribution >= 0.6 is 0 Å². The molecule has 1 aromatic rings. The third kappa shape index (κ3) is 4.13. The van der Waals surface area contributed by atoms with Gasteiger partial charge >= 0.3 is 0 Å². The molecule has 0 radical (unpaired) electrons. The topological polar surface area (TPSA) is 52.5 Å². The van der Waals surface area contributed by atoms with Gasteiger partial charge in [0, 0.05) is 18.7 Å². The van der Waals surface area contributed by atoms with Crippen molar-refractivity contribution in [3.63, 3.8) is 0 Å². The van der Waals surface area contributed by atoms with Gasteiger partial charge in [-0.1, -0.05) is 18.1 Å². The van der Waals surface area contributed by atoms with Crippen LogP contribution in [0.4, 0.5) is 0 Å². The van der Waals surface area contributed by atoms with Crippen LogP contribution in [0.1, 0.15) is 11.1 Å². The molecule has 80 valence electrons. The number of terminal acetylenes is 1. The summed E-state index contributed by atoms with van der Waals surface area (Å²) in [6.45, 7) is 0.818. The molecule has 0 spiro atoms. The summed E-state index contributed by atoms with van der Waals surface area (Å²) in [6, 6.07) is 7.63. The average Bonchev–Trinajstić information content (AvgIpc) is 2.29. The molecular formula is C12H15NO2. The quantitative estimate of drug-likeness (QED) is 0.598. The van der Waals surface area contributed by atoms with E-state index in [-0.39, 0.29) is 6.61 Å². The molecule has 1 atom stereocenters. The summed E-state index contributed by atoms with van der Waals surface area (Å²) in [5.41, 5.74) is 1.95. The lowest BCUT2D eigenvalue weighted by Gasteiger charge is -2.08. The Morgan fingerprint density at radius 1 is 1.33 bits per heavy atom. The van der Waals surface area contributed by atoms with Crippen molar-refractivity contribution in [3.8, 4) is 12.3 Å². The van der Waals surface area contributed by atoms with Crippen molar-refractivity contribution in [2.75, 3.05) is 13.2 Å². The first-order valence-electron chi connectivity index (χ1n) is 4.81. The fraction of sp³-hybridized carbons (Fsp3) is 0.333. The van der Waals surface area contributed by atoms with Gasteiger partial charge in [0.25, 0.3) is 0 Å². The van der Waals surface area contributed by atoms with Crippen molar-refractivity contribution in [1.29, 1.82) is 0 Å². The van der Waals surface area contributed by atoms with E-state index in [0.29, 0.717) is 13.1 Å². The summed E-state index contributed by atoms with van der Waals surface area (Å²) in [4.78, 5) is 0. The molecule has 0 aromatic heterocycles. The monoisotopic (exact) mass is 205 g/mol. The zero-order valence-electron chi connectivity index (χ0n) is 8.48.